The van der Waals surface area contributed by atoms with Gasteiger partial charge in [0.2, 0.25) is 0 Å². The summed E-state index contributed by atoms with van der Waals surface area (Å²) in [6.07, 6.45) is 3.84. The molecule has 4 nitrogen and oxygen atoms in total. The third-order valence-electron chi connectivity index (χ3n) is 3.33. The first-order valence-corrected chi connectivity index (χ1v) is 6.56. The zero-order valence-electron chi connectivity index (χ0n) is 11.8. The second kappa shape index (κ2) is 6.38. The summed E-state index contributed by atoms with van der Waals surface area (Å²) in [7, 11) is 1.71. The van der Waals surface area contributed by atoms with Crippen molar-refractivity contribution in [3.05, 3.63) is 48.0 Å². The summed E-state index contributed by atoms with van der Waals surface area (Å²) >= 11 is 0. The average molecular weight is 259 g/mol. The van der Waals surface area contributed by atoms with Crippen LogP contribution in [0.15, 0.2) is 36.7 Å². The van der Waals surface area contributed by atoms with Crippen LogP contribution < -0.4 is 10.1 Å². The number of para-hydroxylation sites is 1. The predicted octanol–water partition coefficient (Wildman–Crippen LogP) is 2.55. The lowest BCUT2D eigenvalue weighted by molar-refractivity contribution is 0.400. The van der Waals surface area contributed by atoms with Crippen LogP contribution in [0.5, 0.6) is 5.75 Å². The van der Waals surface area contributed by atoms with Gasteiger partial charge in [0.05, 0.1) is 7.11 Å². The number of rotatable bonds is 6. The first-order valence-electron chi connectivity index (χ1n) is 6.56. The fraction of sp³-hybridized carbons (Fsp3) is 0.400. The van der Waals surface area contributed by atoms with E-state index >= 15 is 0 Å². The Bertz CT molecular complexity index is 522. The number of nitrogens with one attached hydrogen (secondary N) is 1. The van der Waals surface area contributed by atoms with Crippen molar-refractivity contribution in [3.63, 3.8) is 0 Å². The van der Waals surface area contributed by atoms with Gasteiger partial charge in [-0.1, -0.05) is 18.2 Å². The molecule has 4 heteroatoms. The fourth-order valence-corrected chi connectivity index (χ4v) is 2.18. The highest BCUT2D eigenvalue weighted by atomic mass is 16.5. The summed E-state index contributed by atoms with van der Waals surface area (Å²) < 4.78 is 7.52. The molecule has 0 unspecified atom stereocenters. The van der Waals surface area contributed by atoms with Gasteiger partial charge in [-0.3, -0.25) is 0 Å². The quantitative estimate of drug-likeness (QED) is 0.866. The van der Waals surface area contributed by atoms with Crippen LogP contribution in [0.4, 0.5) is 0 Å². The topological polar surface area (TPSA) is 39.1 Å². The van der Waals surface area contributed by atoms with Gasteiger partial charge in [-0.15, -0.1) is 0 Å². The Morgan fingerprint density at radius 3 is 2.84 bits per heavy atom. The number of imidazole rings is 1. The Morgan fingerprint density at radius 1 is 1.37 bits per heavy atom. The van der Waals surface area contributed by atoms with E-state index in [1.165, 1.54) is 5.56 Å². The van der Waals surface area contributed by atoms with Crippen LogP contribution in [0.1, 0.15) is 24.4 Å². The highest BCUT2D eigenvalue weighted by molar-refractivity contribution is 5.35. The maximum absolute atomic E-state index is 5.38. The average Bonchev–Trinajstić information content (AvgIpc) is 2.84. The van der Waals surface area contributed by atoms with E-state index in [0.29, 0.717) is 0 Å². The molecule has 1 aromatic carbocycles. The maximum atomic E-state index is 5.38. The van der Waals surface area contributed by atoms with Crippen molar-refractivity contribution in [2.75, 3.05) is 13.7 Å². The largest absolute Gasteiger partial charge is 0.496 e. The van der Waals surface area contributed by atoms with E-state index in [9.17, 15) is 0 Å². The molecule has 0 radical (unpaired) electrons. The number of aryl methyl sites for hydroxylation is 1. The van der Waals surface area contributed by atoms with Gasteiger partial charge in [-0.25, -0.2) is 4.98 Å². The smallest absolute Gasteiger partial charge is 0.123 e. The van der Waals surface area contributed by atoms with Gasteiger partial charge < -0.3 is 14.6 Å². The van der Waals surface area contributed by atoms with Crippen LogP contribution in [-0.4, -0.2) is 23.2 Å². The van der Waals surface area contributed by atoms with Crippen LogP contribution in [-0.2, 0) is 6.54 Å². The summed E-state index contributed by atoms with van der Waals surface area (Å²) in [5.41, 5.74) is 1.19. The number of ether oxygens (including phenoxy) is 1. The zero-order valence-corrected chi connectivity index (χ0v) is 11.8. The number of nitrogens with zero attached hydrogens (tertiary/aromatic N) is 2. The number of aromatic nitrogens is 2. The Morgan fingerprint density at radius 2 is 2.16 bits per heavy atom. The Kier molecular flexibility index (Phi) is 4.58. The highest BCUT2D eigenvalue weighted by Crippen LogP contribution is 2.23. The van der Waals surface area contributed by atoms with E-state index in [4.69, 9.17) is 4.74 Å². The third kappa shape index (κ3) is 3.35. The molecule has 0 bridgehead atoms. The molecule has 0 aliphatic carbocycles. The molecule has 0 saturated carbocycles. The molecule has 0 spiro atoms. The molecule has 2 aromatic rings. The van der Waals surface area contributed by atoms with E-state index in [-0.39, 0.29) is 6.04 Å². The van der Waals surface area contributed by atoms with Crippen molar-refractivity contribution in [2.45, 2.75) is 26.4 Å². The second-order valence-electron chi connectivity index (χ2n) is 4.59. The molecule has 1 heterocycles. The van der Waals surface area contributed by atoms with Gasteiger partial charge in [0.1, 0.15) is 11.6 Å². The molecule has 2 rings (SSSR count). The molecule has 102 valence electrons. The van der Waals surface area contributed by atoms with Gasteiger partial charge in [0.25, 0.3) is 0 Å². The molecule has 1 aromatic heterocycles. The van der Waals surface area contributed by atoms with Crippen molar-refractivity contribution in [3.8, 4) is 5.75 Å². The molecular formula is C15H21N3O. The first kappa shape index (κ1) is 13.6. The Hall–Kier alpha value is -1.81. The second-order valence-corrected chi connectivity index (χ2v) is 4.59. The predicted molar refractivity (Wildman–Crippen MR) is 76.4 cm³/mol. The monoisotopic (exact) mass is 259 g/mol. The third-order valence-corrected chi connectivity index (χ3v) is 3.33. The maximum Gasteiger partial charge on any atom is 0.123 e. The Labute approximate surface area is 114 Å². The van der Waals surface area contributed by atoms with Crippen LogP contribution in [0.2, 0.25) is 0 Å². The lowest BCUT2D eigenvalue weighted by Gasteiger charge is -2.17. The summed E-state index contributed by atoms with van der Waals surface area (Å²) in [5.74, 6) is 1.98. The zero-order chi connectivity index (χ0) is 13.7. The van der Waals surface area contributed by atoms with Crippen molar-refractivity contribution in [2.24, 2.45) is 0 Å². The molecule has 0 aliphatic heterocycles. The van der Waals surface area contributed by atoms with Crippen molar-refractivity contribution >= 4 is 0 Å². The molecular weight excluding hydrogens is 238 g/mol. The van der Waals surface area contributed by atoms with Crippen LogP contribution in [0, 0.1) is 6.92 Å². The fourth-order valence-electron chi connectivity index (χ4n) is 2.18. The van der Waals surface area contributed by atoms with E-state index < -0.39 is 0 Å². The number of methoxy groups -OCH3 is 1. The normalized spacial score (nSPS) is 12.4. The molecule has 0 amide bonds. The van der Waals surface area contributed by atoms with Crippen LogP contribution >= 0.6 is 0 Å². The number of hydrogen-bond acceptors (Lipinski definition) is 3. The standard InChI is InChI=1S/C15H21N3O/c1-12(14-6-4-5-7-15(14)19-3)16-8-10-18-11-9-17-13(18)2/h4-7,9,11-12,16H,8,10H2,1-3H3/t12-/m0/s1. The van der Waals surface area contributed by atoms with Gasteiger partial charge in [0.15, 0.2) is 0 Å². The lowest BCUT2D eigenvalue weighted by Crippen LogP contribution is -2.23. The summed E-state index contributed by atoms with van der Waals surface area (Å²) in [4.78, 5) is 4.22. The van der Waals surface area contributed by atoms with E-state index in [0.717, 1.165) is 24.7 Å². The van der Waals surface area contributed by atoms with Crippen molar-refractivity contribution in [1.82, 2.24) is 14.9 Å². The van der Waals surface area contributed by atoms with E-state index in [1.807, 2.05) is 37.5 Å². The van der Waals surface area contributed by atoms with Crippen LogP contribution in [0.25, 0.3) is 0 Å². The summed E-state index contributed by atoms with van der Waals surface area (Å²) in [5, 5.41) is 3.51. The molecule has 0 fully saturated rings. The van der Waals surface area contributed by atoms with Crippen molar-refractivity contribution < 1.29 is 4.74 Å². The molecule has 19 heavy (non-hydrogen) atoms. The van der Waals surface area contributed by atoms with Gasteiger partial charge in [0, 0.05) is 37.1 Å². The van der Waals surface area contributed by atoms with Gasteiger partial charge in [-0.2, -0.15) is 0 Å². The summed E-state index contributed by atoms with van der Waals surface area (Å²) in [6.45, 7) is 5.99. The van der Waals surface area contributed by atoms with E-state index in [2.05, 4.69) is 27.9 Å². The number of hydrogen-bond donors (Lipinski definition) is 1. The van der Waals surface area contributed by atoms with Crippen LogP contribution in [0.3, 0.4) is 0 Å². The molecule has 0 saturated heterocycles. The Balaban J connectivity index is 1.91. The molecule has 1 atom stereocenters. The molecule has 0 aliphatic rings. The van der Waals surface area contributed by atoms with Gasteiger partial charge in [-0.05, 0) is 19.9 Å². The minimum absolute atomic E-state index is 0.264. The summed E-state index contributed by atoms with van der Waals surface area (Å²) in [6, 6.07) is 8.38. The first-order chi connectivity index (χ1) is 9.22. The highest BCUT2D eigenvalue weighted by Gasteiger charge is 2.09. The SMILES string of the molecule is COc1ccccc1[C@H](C)NCCn1ccnc1C. The number of benzene rings is 1. The minimum Gasteiger partial charge on any atom is -0.496 e. The van der Waals surface area contributed by atoms with Crippen molar-refractivity contribution in [1.29, 1.82) is 0 Å². The van der Waals surface area contributed by atoms with Gasteiger partial charge >= 0.3 is 0 Å². The lowest BCUT2D eigenvalue weighted by atomic mass is 10.1. The molecule has 1 N–H and O–H groups in total. The minimum atomic E-state index is 0.264. The van der Waals surface area contributed by atoms with E-state index in [1.54, 1.807) is 7.11 Å².